The SMILES string of the molecule is COc1ccc(CC(=O)NC(c2ccc(Cl)cc2)c2ccc(Cl)cc2)cc1. The first-order valence-corrected chi connectivity index (χ1v) is 9.24. The Morgan fingerprint density at radius 1 is 0.852 bits per heavy atom. The second-order valence-electron chi connectivity index (χ2n) is 6.13. The van der Waals surface area contributed by atoms with Crippen LogP contribution in [0.3, 0.4) is 0 Å². The number of hydrogen-bond acceptors (Lipinski definition) is 2. The van der Waals surface area contributed by atoms with E-state index in [1.807, 2.05) is 72.8 Å². The van der Waals surface area contributed by atoms with Crippen molar-refractivity contribution in [2.24, 2.45) is 0 Å². The molecule has 0 heterocycles. The van der Waals surface area contributed by atoms with Crippen LogP contribution >= 0.6 is 23.2 Å². The number of methoxy groups -OCH3 is 1. The van der Waals surface area contributed by atoms with Gasteiger partial charge in [0.15, 0.2) is 0 Å². The van der Waals surface area contributed by atoms with Gasteiger partial charge in [0.2, 0.25) is 5.91 Å². The monoisotopic (exact) mass is 399 g/mol. The predicted molar refractivity (Wildman–Crippen MR) is 110 cm³/mol. The van der Waals surface area contributed by atoms with E-state index in [1.54, 1.807) is 7.11 Å². The van der Waals surface area contributed by atoms with Crippen molar-refractivity contribution in [3.8, 4) is 5.75 Å². The predicted octanol–water partition coefficient (Wildman–Crippen LogP) is 5.45. The largest absolute Gasteiger partial charge is 0.497 e. The van der Waals surface area contributed by atoms with E-state index < -0.39 is 0 Å². The van der Waals surface area contributed by atoms with Crippen LogP contribution < -0.4 is 10.1 Å². The zero-order valence-corrected chi connectivity index (χ0v) is 16.3. The number of carbonyl (C=O) groups excluding carboxylic acids is 1. The zero-order chi connectivity index (χ0) is 19.2. The van der Waals surface area contributed by atoms with Gasteiger partial charge in [0, 0.05) is 10.0 Å². The third-order valence-electron chi connectivity index (χ3n) is 4.24. The molecule has 1 amide bonds. The quantitative estimate of drug-likeness (QED) is 0.598. The van der Waals surface area contributed by atoms with E-state index in [9.17, 15) is 4.79 Å². The average molecular weight is 400 g/mol. The topological polar surface area (TPSA) is 38.3 Å². The molecule has 0 aliphatic carbocycles. The minimum absolute atomic E-state index is 0.0740. The van der Waals surface area contributed by atoms with Crippen molar-refractivity contribution < 1.29 is 9.53 Å². The van der Waals surface area contributed by atoms with E-state index >= 15 is 0 Å². The van der Waals surface area contributed by atoms with E-state index in [-0.39, 0.29) is 18.4 Å². The summed E-state index contributed by atoms with van der Waals surface area (Å²) in [6.07, 6.45) is 0.279. The highest BCUT2D eigenvalue weighted by Crippen LogP contribution is 2.25. The second kappa shape index (κ2) is 8.94. The summed E-state index contributed by atoms with van der Waals surface area (Å²) < 4.78 is 5.15. The molecule has 5 heteroatoms. The molecule has 0 aliphatic rings. The van der Waals surface area contributed by atoms with E-state index in [2.05, 4.69) is 5.32 Å². The number of amides is 1. The first-order chi connectivity index (χ1) is 13.0. The van der Waals surface area contributed by atoms with Crippen LogP contribution in [0.15, 0.2) is 72.8 Å². The lowest BCUT2D eigenvalue weighted by Gasteiger charge is -2.20. The van der Waals surface area contributed by atoms with Crippen molar-refractivity contribution in [2.75, 3.05) is 7.11 Å². The molecule has 0 aromatic heterocycles. The van der Waals surface area contributed by atoms with Crippen LogP contribution in [0.4, 0.5) is 0 Å². The second-order valence-corrected chi connectivity index (χ2v) is 7.00. The van der Waals surface area contributed by atoms with Crippen LogP contribution in [0, 0.1) is 0 Å². The summed E-state index contributed by atoms with van der Waals surface area (Å²) in [5, 5.41) is 4.41. The summed E-state index contributed by atoms with van der Waals surface area (Å²) in [6, 6.07) is 22.1. The van der Waals surface area contributed by atoms with Gasteiger partial charge in [-0.1, -0.05) is 59.6 Å². The average Bonchev–Trinajstić information content (AvgIpc) is 2.68. The minimum atomic E-state index is -0.287. The summed E-state index contributed by atoms with van der Waals surface area (Å²) >= 11 is 12.0. The van der Waals surface area contributed by atoms with Crippen molar-refractivity contribution in [3.05, 3.63) is 99.5 Å². The summed E-state index contributed by atoms with van der Waals surface area (Å²) in [5.74, 6) is 0.689. The van der Waals surface area contributed by atoms with Crippen LogP contribution in [0.1, 0.15) is 22.7 Å². The lowest BCUT2D eigenvalue weighted by Crippen LogP contribution is -2.30. The van der Waals surface area contributed by atoms with Crippen LogP contribution in [-0.2, 0) is 11.2 Å². The maximum atomic E-state index is 12.7. The van der Waals surface area contributed by atoms with Gasteiger partial charge in [-0.15, -0.1) is 0 Å². The third-order valence-corrected chi connectivity index (χ3v) is 4.74. The number of benzene rings is 3. The first kappa shape index (κ1) is 19.3. The van der Waals surface area contributed by atoms with Crippen molar-refractivity contribution >= 4 is 29.1 Å². The van der Waals surface area contributed by atoms with Gasteiger partial charge in [-0.2, -0.15) is 0 Å². The molecule has 3 nitrogen and oxygen atoms in total. The molecule has 3 rings (SSSR count). The van der Waals surface area contributed by atoms with E-state index in [0.717, 1.165) is 22.4 Å². The Morgan fingerprint density at radius 2 is 1.33 bits per heavy atom. The van der Waals surface area contributed by atoms with Crippen LogP contribution in [0.25, 0.3) is 0 Å². The van der Waals surface area contributed by atoms with Gasteiger partial charge < -0.3 is 10.1 Å². The van der Waals surface area contributed by atoms with Crippen molar-refractivity contribution in [1.82, 2.24) is 5.32 Å². The van der Waals surface area contributed by atoms with Gasteiger partial charge in [0.1, 0.15) is 5.75 Å². The molecule has 0 fully saturated rings. The fourth-order valence-corrected chi connectivity index (χ4v) is 3.06. The third kappa shape index (κ3) is 5.25. The summed E-state index contributed by atoms with van der Waals surface area (Å²) in [6.45, 7) is 0. The molecule has 0 atom stereocenters. The molecule has 0 bridgehead atoms. The molecule has 27 heavy (non-hydrogen) atoms. The molecule has 1 N–H and O–H groups in total. The molecule has 138 valence electrons. The number of hydrogen-bond donors (Lipinski definition) is 1. The summed E-state index contributed by atoms with van der Waals surface area (Å²) in [5.41, 5.74) is 2.81. The first-order valence-electron chi connectivity index (χ1n) is 8.48. The standard InChI is InChI=1S/C22H19Cl2NO2/c1-27-20-12-2-15(3-13-20)14-21(26)25-22(16-4-8-18(23)9-5-16)17-6-10-19(24)11-7-17/h2-13,22H,14H2,1H3,(H,25,26). The molecule has 3 aromatic rings. The van der Waals surface area contributed by atoms with Gasteiger partial charge in [-0.25, -0.2) is 0 Å². The Balaban J connectivity index is 1.80. The van der Waals surface area contributed by atoms with Crippen molar-refractivity contribution in [3.63, 3.8) is 0 Å². The summed E-state index contributed by atoms with van der Waals surface area (Å²) in [4.78, 5) is 12.7. The highest BCUT2D eigenvalue weighted by atomic mass is 35.5. The molecule has 0 saturated heterocycles. The van der Waals surface area contributed by atoms with Crippen molar-refractivity contribution in [1.29, 1.82) is 0 Å². The van der Waals surface area contributed by atoms with E-state index in [4.69, 9.17) is 27.9 Å². The highest BCUT2D eigenvalue weighted by molar-refractivity contribution is 6.30. The molecule has 3 aromatic carbocycles. The number of nitrogens with one attached hydrogen (secondary N) is 1. The normalized spacial score (nSPS) is 10.7. The molecular weight excluding hydrogens is 381 g/mol. The molecule has 0 aliphatic heterocycles. The van der Waals surface area contributed by atoms with Crippen LogP contribution in [-0.4, -0.2) is 13.0 Å². The maximum absolute atomic E-state index is 12.7. The Morgan fingerprint density at radius 3 is 1.78 bits per heavy atom. The van der Waals surface area contributed by atoms with Gasteiger partial charge in [-0.05, 0) is 53.1 Å². The number of ether oxygens (including phenoxy) is 1. The van der Waals surface area contributed by atoms with E-state index in [1.165, 1.54) is 0 Å². The van der Waals surface area contributed by atoms with Gasteiger partial charge >= 0.3 is 0 Å². The Bertz CT molecular complexity index is 846. The van der Waals surface area contributed by atoms with E-state index in [0.29, 0.717) is 10.0 Å². The highest BCUT2D eigenvalue weighted by Gasteiger charge is 2.17. The number of rotatable bonds is 6. The molecule has 0 radical (unpaired) electrons. The number of halogens is 2. The fourth-order valence-electron chi connectivity index (χ4n) is 2.81. The Labute approximate surface area is 168 Å². The molecule has 0 unspecified atom stereocenters. The molecular formula is C22H19Cl2NO2. The molecule has 0 saturated carbocycles. The lowest BCUT2D eigenvalue weighted by atomic mass is 9.98. The number of carbonyl (C=O) groups is 1. The summed E-state index contributed by atoms with van der Waals surface area (Å²) in [7, 11) is 1.62. The maximum Gasteiger partial charge on any atom is 0.225 e. The van der Waals surface area contributed by atoms with Gasteiger partial charge in [0.25, 0.3) is 0 Å². The smallest absolute Gasteiger partial charge is 0.225 e. The van der Waals surface area contributed by atoms with Crippen molar-refractivity contribution in [2.45, 2.75) is 12.5 Å². The van der Waals surface area contributed by atoms with Crippen LogP contribution in [0.5, 0.6) is 5.75 Å². The zero-order valence-electron chi connectivity index (χ0n) is 14.8. The Hall–Kier alpha value is -2.49. The van der Waals surface area contributed by atoms with Gasteiger partial charge in [-0.3, -0.25) is 4.79 Å². The minimum Gasteiger partial charge on any atom is -0.497 e. The van der Waals surface area contributed by atoms with Crippen LogP contribution in [0.2, 0.25) is 10.0 Å². The Kier molecular flexibility index (Phi) is 6.38. The van der Waals surface area contributed by atoms with Gasteiger partial charge in [0.05, 0.1) is 19.6 Å². The lowest BCUT2D eigenvalue weighted by molar-refractivity contribution is -0.120. The fraction of sp³-hybridized carbons (Fsp3) is 0.136. The molecule has 0 spiro atoms.